The average Bonchev–Trinajstić information content (AvgIpc) is 3.07. The summed E-state index contributed by atoms with van der Waals surface area (Å²) in [4.78, 5) is 12.3. The largest absolute Gasteiger partial charge is 0.497 e. The fourth-order valence-corrected chi connectivity index (χ4v) is 3.52. The van der Waals surface area contributed by atoms with Gasteiger partial charge in [-0.25, -0.2) is 4.39 Å². The number of ether oxygens (including phenoxy) is 1. The van der Waals surface area contributed by atoms with E-state index in [-0.39, 0.29) is 23.5 Å². The zero-order chi connectivity index (χ0) is 20.1. The summed E-state index contributed by atoms with van der Waals surface area (Å²) in [6.07, 6.45) is 0. The van der Waals surface area contributed by atoms with E-state index in [0.717, 1.165) is 22.8 Å². The number of hydrogen-bond acceptors (Lipinski definition) is 5. The van der Waals surface area contributed by atoms with Crippen LogP contribution in [-0.2, 0) is 4.79 Å². The van der Waals surface area contributed by atoms with Gasteiger partial charge >= 0.3 is 0 Å². The Bertz CT molecular complexity index is 942. The number of thioether (sulfide) groups is 1. The molecule has 0 aliphatic rings. The van der Waals surface area contributed by atoms with Crippen LogP contribution in [0.1, 0.15) is 24.4 Å². The maximum absolute atomic E-state index is 13.0. The fourth-order valence-electron chi connectivity index (χ4n) is 2.71. The molecule has 0 saturated carbocycles. The van der Waals surface area contributed by atoms with Crippen LogP contribution < -0.4 is 10.1 Å². The summed E-state index contributed by atoms with van der Waals surface area (Å²) in [5.41, 5.74) is 1.74. The SMILES string of the molecule is COc1ccc(-n2c(C)nnc2SCC(=O)NC(C)c2ccc(F)cc2)cc1. The molecular weight excluding hydrogens is 379 g/mol. The molecule has 0 spiro atoms. The highest BCUT2D eigenvalue weighted by atomic mass is 32.2. The minimum absolute atomic E-state index is 0.135. The molecule has 0 aliphatic carbocycles. The number of methoxy groups -OCH3 is 1. The minimum atomic E-state index is -0.300. The summed E-state index contributed by atoms with van der Waals surface area (Å²) in [6.45, 7) is 3.72. The molecule has 1 heterocycles. The van der Waals surface area contributed by atoms with Crippen molar-refractivity contribution in [1.82, 2.24) is 20.1 Å². The number of amides is 1. The number of nitrogens with zero attached hydrogens (tertiary/aromatic N) is 3. The van der Waals surface area contributed by atoms with Crippen molar-refractivity contribution >= 4 is 17.7 Å². The lowest BCUT2D eigenvalue weighted by molar-refractivity contribution is -0.119. The highest BCUT2D eigenvalue weighted by Gasteiger charge is 2.15. The number of aromatic nitrogens is 3. The standard InChI is InChI=1S/C20H21FN4O2S/c1-13(15-4-6-16(21)7-5-15)22-19(26)12-28-20-24-23-14(2)25(20)17-8-10-18(27-3)11-9-17/h4-11,13H,12H2,1-3H3,(H,22,26). The molecule has 146 valence electrons. The Labute approximate surface area is 167 Å². The number of benzene rings is 2. The van der Waals surface area contributed by atoms with E-state index in [9.17, 15) is 9.18 Å². The molecule has 1 amide bonds. The van der Waals surface area contributed by atoms with Crippen molar-refractivity contribution in [3.05, 3.63) is 65.7 Å². The summed E-state index contributed by atoms with van der Waals surface area (Å²) in [7, 11) is 1.62. The van der Waals surface area contributed by atoms with Crippen LogP contribution in [-0.4, -0.2) is 33.5 Å². The van der Waals surface area contributed by atoms with E-state index in [2.05, 4.69) is 15.5 Å². The lowest BCUT2D eigenvalue weighted by Crippen LogP contribution is -2.28. The lowest BCUT2D eigenvalue weighted by Gasteiger charge is -2.14. The first-order valence-corrected chi connectivity index (χ1v) is 9.70. The summed E-state index contributed by atoms with van der Waals surface area (Å²) in [6, 6.07) is 13.4. The first-order chi connectivity index (χ1) is 13.5. The lowest BCUT2D eigenvalue weighted by atomic mass is 10.1. The van der Waals surface area contributed by atoms with Crippen LogP contribution in [0.5, 0.6) is 5.75 Å². The molecule has 1 N–H and O–H groups in total. The Balaban J connectivity index is 1.64. The van der Waals surface area contributed by atoms with Crippen molar-refractivity contribution in [3.63, 3.8) is 0 Å². The molecular formula is C20H21FN4O2S. The molecule has 3 aromatic rings. The van der Waals surface area contributed by atoms with Gasteiger partial charge in [-0.15, -0.1) is 10.2 Å². The second-order valence-corrected chi connectivity index (χ2v) is 7.14. The third kappa shape index (κ3) is 4.69. The van der Waals surface area contributed by atoms with E-state index in [1.165, 1.54) is 23.9 Å². The quantitative estimate of drug-likeness (QED) is 0.613. The van der Waals surface area contributed by atoms with E-state index in [1.807, 2.05) is 42.7 Å². The number of hydrogen-bond donors (Lipinski definition) is 1. The summed E-state index contributed by atoms with van der Waals surface area (Å²) < 4.78 is 20.1. The van der Waals surface area contributed by atoms with Crippen molar-refractivity contribution < 1.29 is 13.9 Å². The molecule has 28 heavy (non-hydrogen) atoms. The van der Waals surface area contributed by atoms with Gasteiger partial charge in [0.25, 0.3) is 0 Å². The van der Waals surface area contributed by atoms with E-state index in [4.69, 9.17) is 4.74 Å². The zero-order valence-corrected chi connectivity index (χ0v) is 16.7. The van der Waals surface area contributed by atoms with Gasteiger partial charge < -0.3 is 10.1 Å². The Morgan fingerprint density at radius 3 is 2.50 bits per heavy atom. The highest BCUT2D eigenvalue weighted by molar-refractivity contribution is 7.99. The second-order valence-electron chi connectivity index (χ2n) is 6.19. The predicted molar refractivity (Wildman–Crippen MR) is 106 cm³/mol. The molecule has 6 nitrogen and oxygen atoms in total. The molecule has 8 heteroatoms. The van der Waals surface area contributed by atoms with Crippen LogP contribution >= 0.6 is 11.8 Å². The van der Waals surface area contributed by atoms with Gasteiger partial charge in [0.2, 0.25) is 5.91 Å². The first-order valence-electron chi connectivity index (χ1n) is 8.72. The van der Waals surface area contributed by atoms with Crippen LogP contribution in [0.25, 0.3) is 5.69 Å². The molecule has 2 aromatic carbocycles. The Hall–Kier alpha value is -2.87. The van der Waals surface area contributed by atoms with E-state index < -0.39 is 0 Å². The third-order valence-corrected chi connectivity index (χ3v) is 5.13. The topological polar surface area (TPSA) is 69.0 Å². The normalized spacial score (nSPS) is 11.9. The van der Waals surface area contributed by atoms with Crippen molar-refractivity contribution in [1.29, 1.82) is 0 Å². The molecule has 1 unspecified atom stereocenters. The number of rotatable bonds is 7. The van der Waals surface area contributed by atoms with Crippen LogP contribution in [0.3, 0.4) is 0 Å². The second kappa shape index (κ2) is 8.88. The highest BCUT2D eigenvalue weighted by Crippen LogP contribution is 2.23. The Kier molecular flexibility index (Phi) is 6.30. The summed E-state index contributed by atoms with van der Waals surface area (Å²) in [5, 5.41) is 11.8. The molecule has 1 aromatic heterocycles. The molecule has 0 bridgehead atoms. The fraction of sp³-hybridized carbons (Fsp3) is 0.250. The van der Waals surface area contributed by atoms with Crippen molar-refractivity contribution in [3.8, 4) is 11.4 Å². The monoisotopic (exact) mass is 400 g/mol. The average molecular weight is 400 g/mol. The van der Waals surface area contributed by atoms with Gasteiger partial charge in [-0.2, -0.15) is 0 Å². The molecule has 0 radical (unpaired) electrons. The number of halogens is 1. The van der Waals surface area contributed by atoms with Gasteiger partial charge in [-0.3, -0.25) is 9.36 Å². The summed E-state index contributed by atoms with van der Waals surface area (Å²) >= 11 is 1.31. The number of aryl methyl sites for hydroxylation is 1. The minimum Gasteiger partial charge on any atom is -0.497 e. The molecule has 0 fully saturated rings. The molecule has 1 atom stereocenters. The summed E-state index contributed by atoms with van der Waals surface area (Å²) in [5.74, 6) is 1.25. The Morgan fingerprint density at radius 2 is 1.86 bits per heavy atom. The third-order valence-electron chi connectivity index (χ3n) is 4.21. The molecule has 0 aliphatic heterocycles. The van der Waals surface area contributed by atoms with Gasteiger partial charge in [0.1, 0.15) is 17.4 Å². The van der Waals surface area contributed by atoms with Gasteiger partial charge in [0.05, 0.1) is 18.9 Å². The van der Waals surface area contributed by atoms with Gasteiger partial charge in [0, 0.05) is 5.69 Å². The predicted octanol–water partition coefficient (Wildman–Crippen LogP) is 3.69. The molecule has 0 saturated heterocycles. The van der Waals surface area contributed by atoms with Gasteiger partial charge in [0.15, 0.2) is 5.16 Å². The van der Waals surface area contributed by atoms with Crippen molar-refractivity contribution in [2.24, 2.45) is 0 Å². The van der Waals surface area contributed by atoms with Crippen LogP contribution in [0.2, 0.25) is 0 Å². The van der Waals surface area contributed by atoms with Crippen molar-refractivity contribution in [2.45, 2.75) is 25.0 Å². The number of nitrogens with one attached hydrogen (secondary N) is 1. The van der Waals surface area contributed by atoms with Crippen LogP contribution in [0.15, 0.2) is 53.7 Å². The Morgan fingerprint density at radius 1 is 1.18 bits per heavy atom. The first kappa shape index (κ1) is 19.9. The van der Waals surface area contributed by atoms with Gasteiger partial charge in [-0.05, 0) is 55.8 Å². The number of carbonyl (C=O) groups is 1. The van der Waals surface area contributed by atoms with Crippen LogP contribution in [0.4, 0.5) is 4.39 Å². The maximum atomic E-state index is 13.0. The van der Waals surface area contributed by atoms with Crippen LogP contribution in [0, 0.1) is 12.7 Å². The van der Waals surface area contributed by atoms with Crippen molar-refractivity contribution in [2.75, 3.05) is 12.9 Å². The maximum Gasteiger partial charge on any atom is 0.230 e. The molecule has 3 rings (SSSR count). The smallest absolute Gasteiger partial charge is 0.230 e. The number of carbonyl (C=O) groups excluding carboxylic acids is 1. The van der Waals surface area contributed by atoms with E-state index >= 15 is 0 Å². The van der Waals surface area contributed by atoms with E-state index in [0.29, 0.717) is 5.16 Å². The zero-order valence-electron chi connectivity index (χ0n) is 15.8. The van der Waals surface area contributed by atoms with E-state index in [1.54, 1.807) is 19.2 Å². The van der Waals surface area contributed by atoms with Gasteiger partial charge in [-0.1, -0.05) is 23.9 Å².